The Kier molecular flexibility index (Phi) is 9.21. The van der Waals surface area contributed by atoms with E-state index in [1.807, 2.05) is 26.8 Å². The van der Waals surface area contributed by atoms with E-state index in [0.29, 0.717) is 18.0 Å². The quantitative estimate of drug-likeness (QED) is 0.547. The van der Waals surface area contributed by atoms with E-state index in [1.165, 1.54) is 4.31 Å². The van der Waals surface area contributed by atoms with Crippen molar-refractivity contribution in [3.8, 4) is 0 Å². The van der Waals surface area contributed by atoms with Crippen LogP contribution in [-0.4, -0.2) is 74.7 Å². The van der Waals surface area contributed by atoms with Crippen LogP contribution in [0.15, 0.2) is 23.1 Å². The lowest BCUT2D eigenvalue weighted by Crippen LogP contribution is -2.50. The van der Waals surface area contributed by atoms with Crippen LogP contribution < -0.4 is 5.32 Å². The summed E-state index contributed by atoms with van der Waals surface area (Å²) in [5.41, 5.74) is 1.55. The predicted molar refractivity (Wildman–Crippen MR) is 119 cm³/mol. The number of carbonyl (C=O) groups excluding carboxylic acids is 3. The number of nitrogens with one attached hydrogen (secondary N) is 1. The molecule has 178 valence electrons. The standard InChI is InChI=1S/C22H33N3O6S/c1-16(2)14-23-20(26)15-31-22(28)8-7-21(27)24-9-11-25(12-10-24)32(29,30)19-13-17(3)5-6-18(19)4/h5-6,13,16H,7-12,14-15H2,1-4H3,(H,23,26). The van der Waals surface area contributed by atoms with Gasteiger partial charge in [-0.25, -0.2) is 8.42 Å². The van der Waals surface area contributed by atoms with E-state index in [2.05, 4.69) is 5.32 Å². The molecule has 1 fully saturated rings. The molecule has 0 spiro atoms. The molecular formula is C22H33N3O6S. The Bertz CT molecular complexity index is 937. The van der Waals surface area contributed by atoms with Gasteiger partial charge in [-0.05, 0) is 37.0 Å². The molecule has 0 aliphatic carbocycles. The molecule has 0 saturated carbocycles. The molecule has 0 unspecified atom stereocenters. The summed E-state index contributed by atoms with van der Waals surface area (Å²) in [6, 6.07) is 5.32. The van der Waals surface area contributed by atoms with Gasteiger partial charge in [0.2, 0.25) is 15.9 Å². The van der Waals surface area contributed by atoms with Crippen molar-refractivity contribution in [2.45, 2.75) is 45.4 Å². The zero-order valence-corrected chi connectivity index (χ0v) is 20.0. The lowest BCUT2D eigenvalue weighted by atomic mass is 10.2. The molecule has 1 N–H and O–H groups in total. The number of ether oxygens (including phenoxy) is 1. The molecule has 2 rings (SSSR count). The lowest BCUT2D eigenvalue weighted by Gasteiger charge is -2.34. The fourth-order valence-electron chi connectivity index (χ4n) is 3.26. The normalized spacial score (nSPS) is 15.0. The number of rotatable bonds is 9. The number of carbonyl (C=O) groups is 3. The van der Waals surface area contributed by atoms with Gasteiger partial charge in [-0.15, -0.1) is 0 Å². The molecule has 0 atom stereocenters. The highest BCUT2D eigenvalue weighted by molar-refractivity contribution is 7.89. The second kappa shape index (κ2) is 11.4. The van der Waals surface area contributed by atoms with Crippen molar-refractivity contribution >= 4 is 27.8 Å². The highest BCUT2D eigenvalue weighted by Gasteiger charge is 2.31. The SMILES string of the molecule is Cc1ccc(C)c(S(=O)(=O)N2CCN(C(=O)CCC(=O)OCC(=O)NCC(C)C)CC2)c1. The van der Waals surface area contributed by atoms with E-state index in [1.54, 1.807) is 24.0 Å². The number of hydrogen-bond donors (Lipinski definition) is 1. The summed E-state index contributed by atoms with van der Waals surface area (Å²) >= 11 is 0. The van der Waals surface area contributed by atoms with Crippen molar-refractivity contribution in [3.63, 3.8) is 0 Å². The minimum Gasteiger partial charge on any atom is -0.456 e. The topological polar surface area (TPSA) is 113 Å². The maximum atomic E-state index is 13.0. The first kappa shape index (κ1) is 25.8. The van der Waals surface area contributed by atoms with Crippen LogP contribution in [0.25, 0.3) is 0 Å². The highest BCUT2D eigenvalue weighted by atomic mass is 32.2. The first-order valence-electron chi connectivity index (χ1n) is 10.8. The number of esters is 1. The molecule has 32 heavy (non-hydrogen) atoms. The Morgan fingerprint density at radius 1 is 1.06 bits per heavy atom. The number of sulfonamides is 1. The number of amides is 2. The molecule has 0 bridgehead atoms. The molecule has 10 heteroatoms. The molecule has 1 aromatic carbocycles. The fraction of sp³-hybridized carbons (Fsp3) is 0.591. The van der Waals surface area contributed by atoms with Gasteiger partial charge in [-0.3, -0.25) is 14.4 Å². The van der Waals surface area contributed by atoms with Gasteiger partial charge in [-0.2, -0.15) is 4.31 Å². The van der Waals surface area contributed by atoms with Crippen molar-refractivity contribution < 1.29 is 27.5 Å². The smallest absolute Gasteiger partial charge is 0.306 e. The van der Waals surface area contributed by atoms with Gasteiger partial charge in [0.15, 0.2) is 6.61 Å². The van der Waals surface area contributed by atoms with E-state index in [0.717, 1.165) is 5.56 Å². The molecule has 1 aliphatic heterocycles. The van der Waals surface area contributed by atoms with Crippen molar-refractivity contribution in [2.24, 2.45) is 5.92 Å². The zero-order valence-electron chi connectivity index (χ0n) is 19.2. The first-order valence-corrected chi connectivity index (χ1v) is 12.2. The molecule has 9 nitrogen and oxygen atoms in total. The summed E-state index contributed by atoms with van der Waals surface area (Å²) in [4.78, 5) is 37.6. The Hall–Kier alpha value is -2.46. The van der Waals surface area contributed by atoms with E-state index in [-0.39, 0.29) is 62.3 Å². The number of hydrogen-bond acceptors (Lipinski definition) is 6. The number of aryl methyl sites for hydroxylation is 2. The van der Waals surface area contributed by atoms with Crippen LogP contribution in [0.5, 0.6) is 0 Å². The molecule has 1 saturated heterocycles. The minimum atomic E-state index is -3.63. The average Bonchev–Trinajstić information content (AvgIpc) is 2.76. The van der Waals surface area contributed by atoms with Crippen LogP contribution in [-0.2, 0) is 29.1 Å². The Balaban J connectivity index is 1.78. The van der Waals surface area contributed by atoms with Crippen LogP contribution in [0.3, 0.4) is 0 Å². The van der Waals surface area contributed by atoms with Gasteiger partial charge < -0.3 is 15.0 Å². The molecule has 1 heterocycles. The van der Waals surface area contributed by atoms with E-state index >= 15 is 0 Å². The fourth-order valence-corrected chi connectivity index (χ4v) is 4.99. The van der Waals surface area contributed by atoms with E-state index in [4.69, 9.17) is 4.74 Å². The molecular weight excluding hydrogens is 434 g/mol. The number of nitrogens with zero attached hydrogens (tertiary/aromatic N) is 2. The summed E-state index contributed by atoms with van der Waals surface area (Å²) in [7, 11) is -3.63. The van der Waals surface area contributed by atoms with Crippen molar-refractivity contribution in [3.05, 3.63) is 29.3 Å². The molecule has 1 aliphatic rings. The van der Waals surface area contributed by atoms with Crippen molar-refractivity contribution in [2.75, 3.05) is 39.3 Å². The summed E-state index contributed by atoms with van der Waals surface area (Å²) in [6.45, 7) is 8.56. The van der Waals surface area contributed by atoms with E-state index < -0.39 is 16.0 Å². The van der Waals surface area contributed by atoms with Gasteiger partial charge in [-0.1, -0.05) is 26.0 Å². The second-order valence-electron chi connectivity index (χ2n) is 8.41. The van der Waals surface area contributed by atoms with Crippen LogP contribution >= 0.6 is 0 Å². The maximum absolute atomic E-state index is 13.0. The third-order valence-electron chi connectivity index (χ3n) is 5.17. The number of benzene rings is 1. The number of piperazine rings is 1. The molecule has 2 amide bonds. The molecule has 1 aromatic rings. The second-order valence-corrected chi connectivity index (χ2v) is 10.3. The Morgan fingerprint density at radius 2 is 1.72 bits per heavy atom. The third kappa shape index (κ3) is 7.30. The summed E-state index contributed by atoms with van der Waals surface area (Å²) in [5, 5.41) is 2.64. The molecule has 0 radical (unpaired) electrons. The van der Waals surface area contributed by atoms with Gasteiger partial charge in [0.1, 0.15) is 0 Å². The lowest BCUT2D eigenvalue weighted by molar-refractivity contribution is -0.150. The van der Waals surface area contributed by atoms with Crippen LogP contribution in [0.2, 0.25) is 0 Å². The Morgan fingerprint density at radius 3 is 2.34 bits per heavy atom. The summed E-state index contributed by atoms with van der Waals surface area (Å²) in [5.74, 6) is -0.938. The van der Waals surface area contributed by atoms with Crippen LogP contribution in [0.4, 0.5) is 0 Å². The predicted octanol–water partition coefficient (Wildman–Crippen LogP) is 1.23. The largest absolute Gasteiger partial charge is 0.456 e. The molecule has 0 aromatic heterocycles. The summed E-state index contributed by atoms with van der Waals surface area (Å²) in [6.07, 6.45) is -0.173. The van der Waals surface area contributed by atoms with Crippen molar-refractivity contribution in [1.82, 2.24) is 14.5 Å². The van der Waals surface area contributed by atoms with E-state index in [9.17, 15) is 22.8 Å². The van der Waals surface area contributed by atoms with Crippen LogP contribution in [0, 0.1) is 19.8 Å². The Labute approximate surface area is 190 Å². The van der Waals surface area contributed by atoms with Gasteiger partial charge in [0.25, 0.3) is 5.91 Å². The highest BCUT2D eigenvalue weighted by Crippen LogP contribution is 2.22. The third-order valence-corrected chi connectivity index (χ3v) is 7.21. The van der Waals surface area contributed by atoms with Gasteiger partial charge in [0.05, 0.1) is 11.3 Å². The van der Waals surface area contributed by atoms with Crippen molar-refractivity contribution in [1.29, 1.82) is 0 Å². The van der Waals surface area contributed by atoms with Gasteiger partial charge >= 0.3 is 5.97 Å². The maximum Gasteiger partial charge on any atom is 0.306 e. The van der Waals surface area contributed by atoms with Crippen LogP contribution in [0.1, 0.15) is 37.8 Å². The monoisotopic (exact) mass is 467 g/mol. The first-order chi connectivity index (χ1) is 15.0. The zero-order chi connectivity index (χ0) is 23.9. The minimum absolute atomic E-state index is 0.0455. The van der Waals surface area contributed by atoms with Gasteiger partial charge in [0, 0.05) is 39.1 Å². The summed E-state index contributed by atoms with van der Waals surface area (Å²) < 4.78 is 32.3. The average molecular weight is 468 g/mol.